The molecule has 0 spiro atoms. The molecule has 0 atom stereocenters. The normalized spacial score (nSPS) is 16.9. The molecule has 4 nitrogen and oxygen atoms in total. The van der Waals surface area contributed by atoms with Gasteiger partial charge in [0, 0.05) is 10.6 Å². The Labute approximate surface area is 129 Å². The molecule has 108 valence electrons. The first kappa shape index (κ1) is 15.3. The van der Waals surface area contributed by atoms with Gasteiger partial charge < -0.3 is 10.3 Å². The Kier molecular flexibility index (Phi) is 4.37. The molecule has 0 saturated heterocycles. The van der Waals surface area contributed by atoms with Gasteiger partial charge in [0.1, 0.15) is 0 Å². The van der Waals surface area contributed by atoms with Crippen molar-refractivity contribution in [3.05, 3.63) is 34.6 Å². The molecule has 0 bridgehead atoms. The Morgan fingerprint density at radius 3 is 2.65 bits per heavy atom. The zero-order chi connectivity index (χ0) is 13.5. The molecule has 1 heterocycles. The minimum atomic E-state index is -0.413. The van der Waals surface area contributed by atoms with Crippen molar-refractivity contribution in [3.8, 4) is 11.5 Å². The van der Waals surface area contributed by atoms with Crippen LogP contribution < -0.4 is 5.73 Å². The van der Waals surface area contributed by atoms with Crippen LogP contribution in [0.3, 0.4) is 0 Å². The van der Waals surface area contributed by atoms with E-state index >= 15 is 0 Å². The number of hydrogen-bond donors (Lipinski definition) is 1. The Morgan fingerprint density at radius 1 is 1.30 bits per heavy atom. The minimum Gasteiger partial charge on any atom is -0.334 e. The summed E-state index contributed by atoms with van der Waals surface area (Å²) < 4.78 is 5.34. The fourth-order valence-corrected chi connectivity index (χ4v) is 2.67. The first-order chi connectivity index (χ1) is 9.08. The van der Waals surface area contributed by atoms with E-state index in [1.54, 1.807) is 0 Å². The van der Waals surface area contributed by atoms with Crippen molar-refractivity contribution in [2.45, 2.75) is 38.1 Å². The molecule has 1 aromatic carbocycles. The minimum absolute atomic E-state index is 0. The topological polar surface area (TPSA) is 64.9 Å². The lowest BCUT2D eigenvalue weighted by Crippen LogP contribution is -2.34. The van der Waals surface area contributed by atoms with E-state index in [4.69, 9.17) is 21.9 Å². The predicted octanol–water partition coefficient (Wildman–Crippen LogP) is 3.85. The van der Waals surface area contributed by atoms with E-state index in [0.717, 1.165) is 41.8 Å². The summed E-state index contributed by atoms with van der Waals surface area (Å²) in [4.78, 5) is 4.46. The second-order valence-electron chi connectivity index (χ2n) is 5.25. The van der Waals surface area contributed by atoms with Crippen LogP contribution in [-0.4, -0.2) is 10.1 Å². The van der Waals surface area contributed by atoms with Crippen molar-refractivity contribution in [2.75, 3.05) is 0 Å². The Hall–Kier alpha value is -1.10. The molecular weight excluding hydrogens is 297 g/mol. The van der Waals surface area contributed by atoms with Gasteiger partial charge in [0.25, 0.3) is 5.89 Å². The lowest BCUT2D eigenvalue weighted by atomic mass is 9.98. The van der Waals surface area contributed by atoms with Crippen molar-refractivity contribution >= 4 is 24.0 Å². The Morgan fingerprint density at radius 2 is 2.00 bits per heavy atom. The third kappa shape index (κ3) is 2.68. The van der Waals surface area contributed by atoms with Crippen LogP contribution in [0.2, 0.25) is 5.02 Å². The van der Waals surface area contributed by atoms with Crippen LogP contribution in [0.15, 0.2) is 22.7 Å². The first-order valence-corrected chi connectivity index (χ1v) is 6.86. The van der Waals surface area contributed by atoms with Gasteiger partial charge in [-0.2, -0.15) is 4.98 Å². The van der Waals surface area contributed by atoms with Gasteiger partial charge in [0.2, 0.25) is 0 Å². The molecular formula is C14H17Cl2N3O. The maximum atomic E-state index is 6.32. The SMILES string of the molecule is Cc1cc(-c2nc(C3(N)CCCC3)no2)ccc1Cl.Cl. The van der Waals surface area contributed by atoms with Crippen LogP contribution >= 0.6 is 24.0 Å². The molecule has 1 aromatic heterocycles. The monoisotopic (exact) mass is 313 g/mol. The van der Waals surface area contributed by atoms with E-state index in [1.807, 2.05) is 25.1 Å². The molecule has 0 unspecified atom stereocenters. The summed E-state index contributed by atoms with van der Waals surface area (Å²) >= 11 is 6.01. The van der Waals surface area contributed by atoms with Crippen LogP contribution in [0.5, 0.6) is 0 Å². The number of benzene rings is 1. The Bertz CT molecular complexity index is 606. The maximum absolute atomic E-state index is 6.32. The van der Waals surface area contributed by atoms with Gasteiger partial charge in [-0.05, 0) is 43.5 Å². The quantitative estimate of drug-likeness (QED) is 0.914. The zero-order valence-corrected chi connectivity index (χ0v) is 12.8. The first-order valence-electron chi connectivity index (χ1n) is 6.48. The van der Waals surface area contributed by atoms with Crippen molar-refractivity contribution in [1.82, 2.24) is 10.1 Å². The number of hydrogen-bond acceptors (Lipinski definition) is 4. The van der Waals surface area contributed by atoms with Crippen molar-refractivity contribution < 1.29 is 4.52 Å². The highest BCUT2D eigenvalue weighted by Crippen LogP contribution is 2.35. The third-order valence-electron chi connectivity index (χ3n) is 3.77. The smallest absolute Gasteiger partial charge is 0.258 e. The molecule has 1 aliphatic rings. The fraction of sp³-hybridized carbons (Fsp3) is 0.429. The number of nitrogens with two attached hydrogens (primary N) is 1. The molecule has 0 radical (unpaired) electrons. The summed E-state index contributed by atoms with van der Waals surface area (Å²) in [6.45, 7) is 1.95. The highest BCUT2D eigenvalue weighted by Gasteiger charge is 2.36. The molecule has 0 amide bonds. The van der Waals surface area contributed by atoms with Gasteiger partial charge in [-0.15, -0.1) is 12.4 Å². The molecule has 1 aliphatic carbocycles. The van der Waals surface area contributed by atoms with Gasteiger partial charge in [0.05, 0.1) is 5.54 Å². The van der Waals surface area contributed by atoms with E-state index in [9.17, 15) is 0 Å². The molecule has 3 rings (SSSR count). The highest BCUT2D eigenvalue weighted by molar-refractivity contribution is 6.31. The molecule has 1 fully saturated rings. The Balaban J connectivity index is 0.00000147. The average Bonchev–Trinajstić information content (AvgIpc) is 3.02. The highest BCUT2D eigenvalue weighted by atomic mass is 35.5. The lowest BCUT2D eigenvalue weighted by molar-refractivity contribution is 0.372. The molecule has 2 aromatic rings. The van der Waals surface area contributed by atoms with Crippen LogP contribution in [0.4, 0.5) is 0 Å². The predicted molar refractivity (Wildman–Crippen MR) is 81.1 cm³/mol. The van der Waals surface area contributed by atoms with E-state index < -0.39 is 5.54 Å². The number of aromatic nitrogens is 2. The number of rotatable bonds is 2. The van der Waals surface area contributed by atoms with Crippen LogP contribution in [0.25, 0.3) is 11.5 Å². The molecule has 2 N–H and O–H groups in total. The third-order valence-corrected chi connectivity index (χ3v) is 4.20. The van der Waals surface area contributed by atoms with Crippen molar-refractivity contribution in [3.63, 3.8) is 0 Å². The summed E-state index contributed by atoms with van der Waals surface area (Å²) in [7, 11) is 0. The van der Waals surface area contributed by atoms with Gasteiger partial charge in [-0.25, -0.2) is 0 Å². The van der Waals surface area contributed by atoms with E-state index in [1.165, 1.54) is 0 Å². The largest absolute Gasteiger partial charge is 0.334 e. The summed E-state index contributed by atoms with van der Waals surface area (Å²) in [5.41, 5.74) is 7.77. The number of halogens is 2. The standard InChI is InChI=1S/C14H16ClN3O.ClH/c1-9-8-10(4-5-11(9)15)12-17-13(18-19-12)14(16)6-2-3-7-14;/h4-5,8H,2-3,6-7,16H2,1H3;1H. The summed E-state index contributed by atoms with van der Waals surface area (Å²) in [6.07, 6.45) is 4.10. The number of nitrogens with zero attached hydrogens (tertiary/aromatic N) is 2. The second-order valence-corrected chi connectivity index (χ2v) is 5.66. The zero-order valence-electron chi connectivity index (χ0n) is 11.2. The molecule has 0 aliphatic heterocycles. The van der Waals surface area contributed by atoms with E-state index in [0.29, 0.717) is 11.7 Å². The second kappa shape index (κ2) is 5.72. The van der Waals surface area contributed by atoms with Crippen molar-refractivity contribution in [2.24, 2.45) is 5.73 Å². The summed E-state index contributed by atoms with van der Waals surface area (Å²) in [5.74, 6) is 1.12. The molecule has 6 heteroatoms. The van der Waals surface area contributed by atoms with Crippen LogP contribution in [0, 0.1) is 6.92 Å². The number of aryl methyl sites for hydroxylation is 1. The molecule has 1 saturated carbocycles. The van der Waals surface area contributed by atoms with E-state index in [-0.39, 0.29) is 12.4 Å². The summed E-state index contributed by atoms with van der Waals surface area (Å²) in [6, 6.07) is 5.66. The fourth-order valence-electron chi connectivity index (χ4n) is 2.55. The average molecular weight is 314 g/mol. The van der Waals surface area contributed by atoms with Gasteiger partial charge in [-0.3, -0.25) is 0 Å². The van der Waals surface area contributed by atoms with Crippen molar-refractivity contribution in [1.29, 1.82) is 0 Å². The van der Waals surface area contributed by atoms with E-state index in [2.05, 4.69) is 10.1 Å². The van der Waals surface area contributed by atoms with Crippen LogP contribution in [0.1, 0.15) is 37.1 Å². The van der Waals surface area contributed by atoms with Gasteiger partial charge in [-0.1, -0.05) is 29.6 Å². The lowest BCUT2D eigenvalue weighted by Gasteiger charge is -2.17. The van der Waals surface area contributed by atoms with Crippen LogP contribution in [-0.2, 0) is 5.54 Å². The summed E-state index contributed by atoms with van der Waals surface area (Å²) in [5, 5.41) is 4.79. The maximum Gasteiger partial charge on any atom is 0.258 e. The van der Waals surface area contributed by atoms with Gasteiger partial charge >= 0.3 is 0 Å². The van der Waals surface area contributed by atoms with Gasteiger partial charge in [0.15, 0.2) is 5.82 Å². The molecule has 20 heavy (non-hydrogen) atoms.